The summed E-state index contributed by atoms with van der Waals surface area (Å²) in [5.74, 6) is 2.11. The third kappa shape index (κ3) is 3.59. The SMILES string of the molecule is COc1ccc(CNc2nc(CCC#N)nc3sc4ccccc4c23)cc1Cl. The minimum Gasteiger partial charge on any atom is -0.495 e. The first-order valence-electron chi connectivity index (χ1n) is 8.81. The van der Waals surface area contributed by atoms with Crippen molar-refractivity contribution < 1.29 is 4.74 Å². The van der Waals surface area contributed by atoms with E-state index >= 15 is 0 Å². The Kier molecular flexibility index (Phi) is 5.29. The molecule has 28 heavy (non-hydrogen) atoms. The zero-order valence-corrected chi connectivity index (χ0v) is 16.8. The van der Waals surface area contributed by atoms with Crippen LogP contribution in [0.2, 0.25) is 5.02 Å². The molecular formula is C21H17ClN4OS. The van der Waals surface area contributed by atoms with Gasteiger partial charge in [0, 0.05) is 29.5 Å². The Bertz CT molecular complexity index is 1200. The number of nitriles is 1. The Morgan fingerprint density at radius 3 is 2.86 bits per heavy atom. The maximum Gasteiger partial charge on any atom is 0.139 e. The van der Waals surface area contributed by atoms with Crippen molar-refractivity contribution in [2.24, 2.45) is 0 Å². The lowest BCUT2D eigenvalue weighted by Gasteiger charge is -2.10. The van der Waals surface area contributed by atoms with Gasteiger partial charge in [-0.25, -0.2) is 9.97 Å². The number of nitrogens with one attached hydrogen (secondary N) is 1. The number of benzene rings is 2. The predicted octanol–water partition coefficient (Wildman–Crippen LogP) is 5.57. The quantitative estimate of drug-likeness (QED) is 0.451. The second kappa shape index (κ2) is 8.01. The number of halogens is 1. The van der Waals surface area contributed by atoms with Crippen molar-refractivity contribution in [1.29, 1.82) is 5.26 Å². The molecule has 0 spiro atoms. The van der Waals surface area contributed by atoms with Crippen LogP contribution in [0.15, 0.2) is 42.5 Å². The number of hydrogen-bond acceptors (Lipinski definition) is 6. The molecule has 1 N–H and O–H groups in total. The minimum absolute atomic E-state index is 0.393. The lowest BCUT2D eigenvalue weighted by Crippen LogP contribution is -2.05. The molecule has 0 saturated carbocycles. The van der Waals surface area contributed by atoms with Gasteiger partial charge in [-0.05, 0) is 23.8 Å². The fourth-order valence-corrected chi connectivity index (χ4v) is 4.46. The summed E-state index contributed by atoms with van der Waals surface area (Å²) in [5.41, 5.74) is 1.02. The van der Waals surface area contributed by atoms with Crippen LogP contribution in [-0.4, -0.2) is 17.1 Å². The number of nitrogens with zero attached hydrogens (tertiary/aromatic N) is 3. The van der Waals surface area contributed by atoms with Crippen LogP contribution < -0.4 is 10.1 Å². The van der Waals surface area contributed by atoms with E-state index in [4.69, 9.17) is 26.6 Å². The van der Waals surface area contributed by atoms with Gasteiger partial charge in [-0.3, -0.25) is 0 Å². The van der Waals surface area contributed by atoms with Gasteiger partial charge in [-0.15, -0.1) is 11.3 Å². The molecule has 0 unspecified atom stereocenters. The number of aromatic nitrogens is 2. The average molecular weight is 409 g/mol. The number of fused-ring (bicyclic) bond motifs is 3. The first kappa shape index (κ1) is 18.5. The van der Waals surface area contributed by atoms with Gasteiger partial charge in [0.15, 0.2) is 0 Å². The second-order valence-corrected chi connectivity index (χ2v) is 7.69. The maximum atomic E-state index is 8.90. The van der Waals surface area contributed by atoms with E-state index < -0.39 is 0 Å². The molecule has 4 aromatic rings. The van der Waals surface area contributed by atoms with E-state index in [0.29, 0.717) is 36.0 Å². The van der Waals surface area contributed by atoms with E-state index in [9.17, 15) is 0 Å². The van der Waals surface area contributed by atoms with Crippen LogP contribution in [0.3, 0.4) is 0 Å². The van der Waals surface area contributed by atoms with E-state index in [1.165, 1.54) is 4.70 Å². The van der Waals surface area contributed by atoms with Crippen LogP contribution >= 0.6 is 22.9 Å². The van der Waals surface area contributed by atoms with Crippen molar-refractivity contribution in [2.75, 3.05) is 12.4 Å². The Morgan fingerprint density at radius 2 is 2.07 bits per heavy atom. The molecule has 0 bridgehead atoms. The highest BCUT2D eigenvalue weighted by atomic mass is 35.5. The number of anilines is 1. The van der Waals surface area contributed by atoms with Crippen LogP contribution in [0.5, 0.6) is 5.75 Å². The van der Waals surface area contributed by atoms with Crippen LogP contribution in [0.4, 0.5) is 5.82 Å². The molecule has 0 radical (unpaired) electrons. The molecule has 0 atom stereocenters. The first-order chi connectivity index (χ1) is 13.7. The van der Waals surface area contributed by atoms with Gasteiger partial charge >= 0.3 is 0 Å². The van der Waals surface area contributed by atoms with Gasteiger partial charge in [0.05, 0.1) is 23.6 Å². The Hall–Kier alpha value is -2.88. The molecule has 2 aromatic carbocycles. The minimum atomic E-state index is 0.393. The summed E-state index contributed by atoms with van der Waals surface area (Å²) in [4.78, 5) is 10.3. The Morgan fingerprint density at radius 1 is 1.21 bits per heavy atom. The predicted molar refractivity (Wildman–Crippen MR) is 114 cm³/mol. The molecule has 0 aliphatic carbocycles. The fourth-order valence-electron chi connectivity index (χ4n) is 3.08. The summed E-state index contributed by atoms with van der Waals surface area (Å²) < 4.78 is 6.38. The topological polar surface area (TPSA) is 70.8 Å². The van der Waals surface area contributed by atoms with Gasteiger partial charge in [-0.2, -0.15) is 5.26 Å². The molecule has 140 valence electrons. The maximum absolute atomic E-state index is 8.90. The molecule has 0 aliphatic heterocycles. The highest BCUT2D eigenvalue weighted by Crippen LogP contribution is 2.36. The lowest BCUT2D eigenvalue weighted by atomic mass is 10.2. The van der Waals surface area contributed by atoms with E-state index in [0.717, 1.165) is 27.0 Å². The molecule has 4 rings (SSSR count). The summed E-state index contributed by atoms with van der Waals surface area (Å²) in [5, 5.41) is 15.1. The molecule has 5 nitrogen and oxygen atoms in total. The molecule has 0 saturated heterocycles. The Labute approximate surface area is 171 Å². The van der Waals surface area contributed by atoms with Crippen molar-refractivity contribution in [1.82, 2.24) is 9.97 Å². The highest BCUT2D eigenvalue weighted by Gasteiger charge is 2.14. The van der Waals surface area contributed by atoms with E-state index in [-0.39, 0.29) is 0 Å². The van der Waals surface area contributed by atoms with Gasteiger partial charge in [0.25, 0.3) is 0 Å². The van der Waals surface area contributed by atoms with Gasteiger partial charge in [-0.1, -0.05) is 35.9 Å². The zero-order valence-electron chi connectivity index (χ0n) is 15.2. The number of thiophene rings is 1. The highest BCUT2D eigenvalue weighted by molar-refractivity contribution is 7.25. The standard InChI is InChI=1S/C21H17ClN4OS/c1-27-16-9-8-13(11-15(16)22)12-24-20-19-14-5-2-3-6-17(14)28-21(19)26-18(25-20)7-4-10-23/h2-3,5-6,8-9,11H,4,7,12H2,1H3,(H,24,25,26). The Balaban J connectivity index is 1.73. The van der Waals surface area contributed by atoms with Crippen molar-refractivity contribution in [3.8, 4) is 11.8 Å². The number of ether oxygens (including phenoxy) is 1. The van der Waals surface area contributed by atoms with Gasteiger partial charge < -0.3 is 10.1 Å². The number of methoxy groups -OCH3 is 1. The fraction of sp³-hybridized carbons (Fsp3) is 0.190. The summed E-state index contributed by atoms with van der Waals surface area (Å²) in [6.45, 7) is 0.567. The molecule has 7 heteroatoms. The number of rotatable bonds is 6. The smallest absolute Gasteiger partial charge is 0.139 e. The van der Waals surface area contributed by atoms with Crippen LogP contribution in [-0.2, 0) is 13.0 Å². The van der Waals surface area contributed by atoms with E-state index in [1.807, 2.05) is 30.3 Å². The van der Waals surface area contributed by atoms with E-state index in [1.54, 1.807) is 18.4 Å². The third-order valence-corrected chi connectivity index (χ3v) is 5.78. The first-order valence-corrected chi connectivity index (χ1v) is 10.0. The molecule has 0 aliphatic rings. The zero-order chi connectivity index (χ0) is 19.5. The van der Waals surface area contributed by atoms with Crippen LogP contribution in [0.1, 0.15) is 17.8 Å². The number of aryl methyl sites for hydroxylation is 1. The van der Waals surface area contributed by atoms with Crippen LogP contribution in [0.25, 0.3) is 20.3 Å². The largest absolute Gasteiger partial charge is 0.495 e. The molecular weight excluding hydrogens is 392 g/mol. The summed E-state index contributed by atoms with van der Waals surface area (Å²) >= 11 is 7.88. The van der Waals surface area contributed by atoms with Gasteiger partial charge in [0.1, 0.15) is 22.2 Å². The van der Waals surface area contributed by atoms with E-state index in [2.05, 4.69) is 28.5 Å². The monoisotopic (exact) mass is 408 g/mol. The normalized spacial score (nSPS) is 10.9. The summed E-state index contributed by atoms with van der Waals surface area (Å²) in [6.07, 6.45) is 0.924. The average Bonchev–Trinajstić information content (AvgIpc) is 3.09. The van der Waals surface area contributed by atoms with Gasteiger partial charge in [0.2, 0.25) is 0 Å². The summed E-state index contributed by atoms with van der Waals surface area (Å²) in [6, 6.07) is 16.1. The van der Waals surface area contributed by atoms with Crippen molar-refractivity contribution in [3.63, 3.8) is 0 Å². The number of hydrogen-bond donors (Lipinski definition) is 1. The van der Waals surface area contributed by atoms with Crippen LogP contribution in [0, 0.1) is 11.3 Å². The molecule has 2 heterocycles. The van der Waals surface area contributed by atoms with Crippen molar-refractivity contribution in [3.05, 3.63) is 58.9 Å². The second-order valence-electron chi connectivity index (χ2n) is 6.25. The van der Waals surface area contributed by atoms with Crippen molar-refractivity contribution >= 4 is 49.1 Å². The summed E-state index contributed by atoms with van der Waals surface area (Å²) in [7, 11) is 1.60. The van der Waals surface area contributed by atoms with Crippen molar-refractivity contribution in [2.45, 2.75) is 19.4 Å². The molecule has 0 amide bonds. The molecule has 0 fully saturated rings. The molecule has 2 aromatic heterocycles. The lowest BCUT2D eigenvalue weighted by molar-refractivity contribution is 0.415. The third-order valence-electron chi connectivity index (χ3n) is 4.42.